The van der Waals surface area contributed by atoms with Gasteiger partial charge < -0.3 is 15.4 Å². The van der Waals surface area contributed by atoms with Gasteiger partial charge in [0, 0.05) is 21.5 Å². The highest BCUT2D eigenvalue weighted by molar-refractivity contribution is 9.10. The van der Waals surface area contributed by atoms with Crippen LogP contribution in [-0.2, 0) is 10.5 Å². The average molecular weight is 561 g/mol. The first-order valence-electron chi connectivity index (χ1n) is 11.4. The molecule has 1 aliphatic rings. The summed E-state index contributed by atoms with van der Waals surface area (Å²) in [4.78, 5) is 17.7. The minimum Gasteiger partial charge on any atom is -0.495 e. The van der Waals surface area contributed by atoms with Gasteiger partial charge in [-0.1, -0.05) is 76.1 Å². The van der Waals surface area contributed by atoms with E-state index < -0.39 is 5.92 Å². The minimum atomic E-state index is -0.533. The van der Waals surface area contributed by atoms with Gasteiger partial charge in [-0.3, -0.25) is 4.79 Å². The summed E-state index contributed by atoms with van der Waals surface area (Å²) in [5, 5.41) is 7.12. The van der Waals surface area contributed by atoms with Crippen molar-refractivity contribution in [1.29, 1.82) is 0 Å². The van der Waals surface area contributed by atoms with Crippen LogP contribution in [0.25, 0.3) is 4.85 Å². The van der Waals surface area contributed by atoms with Crippen molar-refractivity contribution in [3.8, 4) is 5.75 Å². The van der Waals surface area contributed by atoms with Crippen molar-refractivity contribution in [3.63, 3.8) is 0 Å². The molecule has 0 spiro atoms. The minimum absolute atomic E-state index is 0.283. The van der Waals surface area contributed by atoms with Crippen LogP contribution in [0, 0.1) is 13.5 Å². The molecule has 5 nitrogen and oxygen atoms in total. The van der Waals surface area contributed by atoms with Crippen molar-refractivity contribution < 1.29 is 9.53 Å². The van der Waals surface area contributed by atoms with Crippen LogP contribution in [0.3, 0.4) is 0 Å². The maximum absolute atomic E-state index is 13.7. The number of carbonyl (C=O) groups excluding carboxylic acids is 1. The van der Waals surface area contributed by atoms with Gasteiger partial charge in [0.05, 0.1) is 30.3 Å². The van der Waals surface area contributed by atoms with E-state index in [-0.39, 0.29) is 5.91 Å². The molecule has 2 N–H and O–H groups in total. The van der Waals surface area contributed by atoms with E-state index in [1.165, 1.54) is 11.1 Å². The Morgan fingerprint density at radius 1 is 1.08 bits per heavy atom. The Morgan fingerprint density at radius 2 is 1.78 bits per heavy atom. The number of para-hydroxylation sites is 2. The van der Waals surface area contributed by atoms with Crippen molar-refractivity contribution in [1.82, 2.24) is 5.32 Å². The van der Waals surface area contributed by atoms with E-state index >= 15 is 0 Å². The summed E-state index contributed by atoms with van der Waals surface area (Å²) in [6, 6.07) is 23.4. The zero-order chi connectivity index (χ0) is 25.7. The third-order valence-electron chi connectivity index (χ3n) is 5.94. The van der Waals surface area contributed by atoms with Crippen molar-refractivity contribution >= 4 is 39.3 Å². The predicted molar refractivity (Wildman–Crippen MR) is 150 cm³/mol. The molecule has 3 aromatic rings. The van der Waals surface area contributed by atoms with Gasteiger partial charge in [0.1, 0.15) is 5.75 Å². The van der Waals surface area contributed by atoms with E-state index in [2.05, 4.69) is 62.6 Å². The fourth-order valence-corrected chi connectivity index (χ4v) is 5.66. The number of carbonyl (C=O) groups is 1. The molecule has 0 aliphatic carbocycles. The summed E-state index contributed by atoms with van der Waals surface area (Å²) in [5.74, 6) is 0.462. The van der Waals surface area contributed by atoms with Gasteiger partial charge >= 0.3 is 0 Å². The first-order chi connectivity index (χ1) is 17.4. The molecule has 1 aliphatic heterocycles. The molecule has 0 fully saturated rings. The molecule has 36 heavy (non-hydrogen) atoms. The quantitative estimate of drug-likeness (QED) is 0.296. The number of rotatable bonds is 7. The van der Waals surface area contributed by atoms with Crippen LogP contribution in [0.2, 0.25) is 0 Å². The summed E-state index contributed by atoms with van der Waals surface area (Å²) in [5.41, 5.74) is 5.52. The standard InChI is InChI=1S/C29H26BrN3O2S/c1-18-13-15-20(16-14-18)17-36-29-27(31-3)26(21-9-5-6-10-22(21)30)25(19(2)32-29)28(34)33-23-11-7-8-12-24(23)35-4/h5-16,26,32H,17H2,1-2,4H3,(H,33,34). The van der Waals surface area contributed by atoms with Gasteiger partial charge in [0.2, 0.25) is 5.70 Å². The summed E-state index contributed by atoms with van der Waals surface area (Å²) < 4.78 is 6.26. The highest BCUT2D eigenvalue weighted by Crippen LogP contribution is 2.44. The van der Waals surface area contributed by atoms with Crippen LogP contribution in [0.4, 0.5) is 5.69 Å². The Hall–Kier alpha value is -3.47. The number of nitrogens with one attached hydrogen (secondary N) is 2. The molecule has 1 unspecified atom stereocenters. The number of nitrogens with zero attached hydrogens (tertiary/aromatic N) is 1. The SMILES string of the molecule is [C-]#[N+]C1=C(SCc2ccc(C)cc2)NC(C)=C(C(=O)Nc2ccccc2OC)C1c1ccccc1Br. The third-order valence-corrected chi connectivity index (χ3v) is 7.74. The van der Waals surface area contributed by atoms with Gasteiger partial charge in [0.25, 0.3) is 5.91 Å². The topological polar surface area (TPSA) is 54.7 Å². The van der Waals surface area contributed by atoms with E-state index in [0.717, 1.165) is 15.1 Å². The van der Waals surface area contributed by atoms with Gasteiger partial charge in [-0.15, -0.1) is 11.8 Å². The molecule has 7 heteroatoms. The maximum atomic E-state index is 13.7. The molecule has 182 valence electrons. The highest BCUT2D eigenvalue weighted by Gasteiger charge is 2.36. The number of halogens is 1. The Morgan fingerprint density at radius 3 is 2.47 bits per heavy atom. The zero-order valence-corrected chi connectivity index (χ0v) is 22.7. The van der Waals surface area contributed by atoms with Crippen LogP contribution in [0.15, 0.2) is 99.3 Å². The molecular formula is C29H26BrN3O2S. The van der Waals surface area contributed by atoms with Gasteiger partial charge in [-0.2, -0.15) is 0 Å². The first-order valence-corrected chi connectivity index (χ1v) is 13.2. The summed E-state index contributed by atoms with van der Waals surface area (Å²) in [7, 11) is 1.57. The zero-order valence-electron chi connectivity index (χ0n) is 20.3. The number of anilines is 1. The molecule has 0 radical (unpaired) electrons. The largest absolute Gasteiger partial charge is 0.495 e. The fourth-order valence-electron chi connectivity index (χ4n) is 4.10. The normalized spacial score (nSPS) is 15.2. The second-order valence-electron chi connectivity index (χ2n) is 8.37. The Labute approximate surface area is 224 Å². The van der Waals surface area contributed by atoms with Crippen LogP contribution in [0.5, 0.6) is 5.75 Å². The number of methoxy groups -OCH3 is 1. The van der Waals surface area contributed by atoms with E-state index in [0.29, 0.717) is 34.2 Å². The molecule has 0 bridgehead atoms. The van der Waals surface area contributed by atoms with Crippen molar-refractivity contribution in [2.45, 2.75) is 25.5 Å². The van der Waals surface area contributed by atoms with Gasteiger partial charge in [0.15, 0.2) is 0 Å². The lowest BCUT2D eigenvalue weighted by Gasteiger charge is -2.30. The third kappa shape index (κ3) is 5.51. The molecule has 0 saturated carbocycles. The predicted octanol–water partition coefficient (Wildman–Crippen LogP) is 7.39. The Kier molecular flexibility index (Phi) is 8.19. The van der Waals surface area contributed by atoms with E-state index in [9.17, 15) is 4.79 Å². The molecule has 0 saturated heterocycles. The molecule has 0 aromatic heterocycles. The first kappa shape index (κ1) is 25.6. The number of hydrogen-bond donors (Lipinski definition) is 2. The summed E-state index contributed by atoms with van der Waals surface area (Å²) in [6.07, 6.45) is 0. The van der Waals surface area contributed by atoms with E-state index in [1.54, 1.807) is 31.0 Å². The monoisotopic (exact) mass is 559 g/mol. The van der Waals surface area contributed by atoms with Gasteiger partial charge in [-0.25, -0.2) is 4.85 Å². The fraction of sp³-hybridized carbons (Fsp3) is 0.172. The van der Waals surface area contributed by atoms with Crippen molar-refractivity contribution in [2.24, 2.45) is 0 Å². The molecule has 1 amide bonds. The second-order valence-corrected chi connectivity index (χ2v) is 10.2. The van der Waals surface area contributed by atoms with Crippen LogP contribution in [-0.4, -0.2) is 13.0 Å². The maximum Gasteiger partial charge on any atom is 0.253 e. The number of allylic oxidation sites excluding steroid dienone is 2. The van der Waals surface area contributed by atoms with E-state index in [1.807, 2.05) is 43.3 Å². The number of thioether (sulfide) groups is 1. The number of benzene rings is 3. The smallest absolute Gasteiger partial charge is 0.253 e. The Bertz CT molecular complexity index is 1390. The van der Waals surface area contributed by atoms with Crippen molar-refractivity contribution in [3.05, 3.63) is 127 Å². The highest BCUT2D eigenvalue weighted by atomic mass is 79.9. The molecule has 1 heterocycles. The second kappa shape index (κ2) is 11.5. The van der Waals surface area contributed by atoms with Crippen molar-refractivity contribution in [2.75, 3.05) is 12.4 Å². The molecule has 1 atom stereocenters. The number of ether oxygens (including phenoxy) is 1. The number of aryl methyl sites for hydroxylation is 1. The van der Waals surface area contributed by atoms with Crippen LogP contribution >= 0.6 is 27.7 Å². The number of amides is 1. The number of hydrogen-bond acceptors (Lipinski definition) is 4. The molecular weight excluding hydrogens is 534 g/mol. The molecule has 3 aromatic carbocycles. The lowest BCUT2D eigenvalue weighted by molar-refractivity contribution is -0.113. The average Bonchev–Trinajstić information content (AvgIpc) is 2.88. The van der Waals surface area contributed by atoms with Crippen LogP contribution in [0.1, 0.15) is 29.5 Å². The summed E-state index contributed by atoms with van der Waals surface area (Å²) >= 11 is 5.22. The lowest BCUT2D eigenvalue weighted by atomic mass is 9.85. The molecule has 4 rings (SSSR count). The summed E-state index contributed by atoms with van der Waals surface area (Å²) in [6.45, 7) is 12.0. The Balaban J connectivity index is 1.74. The lowest BCUT2D eigenvalue weighted by Crippen LogP contribution is -2.30. The van der Waals surface area contributed by atoms with E-state index in [4.69, 9.17) is 11.3 Å². The van der Waals surface area contributed by atoms with Gasteiger partial charge in [-0.05, 0) is 43.2 Å². The number of dihydropyridines is 1. The van der Waals surface area contributed by atoms with Crippen LogP contribution < -0.4 is 15.4 Å².